The van der Waals surface area contributed by atoms with E-state index in [1.54, 1.807) is 20.0 Å². The zero-order chi connectivity index (χ0) is 27.8. The molecule has 0 amide bonds. The van der Waals surface area contributed by atoms with Gasteiger partial charge in [-0.15, -0.1) is 0 Å². The van der Waals surface area contributed by atoms with Gasteiger partial charge in [-0.05, 0) is 44.6 Å². The number of aryl methyl sites for hydroxylation is 1. The highest BCUT2D eigenvalue weighted by Crippen LogP contribution is 2.35. The lowest BCUT2D eigenvalue weighted by molar-refractivity contribution is -0.385. The van der Waals surface area contributed by atoms with E-state index in [0.717, 1.165) is 31.6 Å². The lowest BCUT2D eigenvalue weighted by Gasteiger charge is -2.24. The van der Waals surface area contributed by atoms with Gasteiger partial charge in [0.2, 0.25) is 0 Å². The number of likely N-dealkylation sites (N-methyl/N-ethyl adjacent to an activating group) is 1. The maximum atomic E-state index is 13.4. The van der Waals surface area contributed by atoms with Crippen molar-refractivity contribution in [2.24, 2.45) is 7.05 Å². The van der Waals surface area contributed by atoms with Gasteiger partial charge in [-0.25, -0.2) is 4.98 Å². The van der Waals surface area contributed by atoms with E-state index in [1.807, 2.05) is 18.0 Å². The molecular weight excluding hydrogens is 503 g/mol. The van der Waals surface area contributed by atoms with E-state index in [0.29, 0.717) is 35.7 Å². The first-order valence-electron chi connectivity index (χ1n) is 11.9. The molecule has 200 valence electrons. The molecule has 4 rings (SSSR count). The van der Waals surface area contributed by atoms with Crippen LogP contribution < -0.4 is 15.8 Å². The average Bonchev–Trinajstić information content (AvgIpc) is 3.09. The number of alkyl halides is 3. The van der Waals surface area contributed by atoms with Crippen LogP contribution in [0.25, 0.3) is 10.9 Å². The van der Waals surface area contributed by atoms with Crippen LogP contribution in [0.15, 0.2) is 35.3 Å². The molecule has 2 aromatic heterocycles. The number of benzene rings is 1. The molecule has 0 aliphatic carbocycles. The molecule has 0 saturated carbocycles. The first-order valence-corrected chi connectivity index (χ1v) is 11.9. The summed E-state index contributed by atoms with van der Waals surface area (Å²) < 4.78 is 41.7. The third kappa shape index (κ3) is 5.26. The van der Waals surface area contributed by atoms with E-state index in [9.17, 15) is 33.3 Å². The van der Waals surface area contributed by atoms with E-state index < -0.39 is 28.4 Å². The van der Waals surface area contributed by atoms with E-state index >= 15 is 0 Å². The van der Waals surface area contributed by atoms with E-state index in [1.165, 1.54) is 10.8 Å². The zero-order valence-corrected chi connectivity index (χ0v) is 21.0. The van der Waals surface area contributed by atoms with Crippen molar-refractivity contribution in [3.8, 4) is 6.07 Å². The van der Waals surface area contributed by atoms with Gasteiger partial charge in [-0.3, -0.25) is 14.9 Å². The molecular formula is C25H26F3N7O3. The topological polar surface area (TPSA) is 120 Å². The molecule has 10 nitrogen and oxygen atoms in total. The molecule has 3 aromatic rings. The maximum absolute atomic E-state index is 13.4. The van der Waals surface area contributed by atoms with Crippen molar-refractivity contribution in [1.82, 2.24) is 14.5 Å². The second-order valence-corrected chi connectivity index (χ2v) is 9.37. The number of rotatable bonds is 5. The van der Waals surface area contributed by atoms with Crippen LogP contribution in [0.4, 0.5) is 30.4 Å². The Morgan fingerprint density at radius 3 is 2.55 bits per heavy atom. The Bertz CT molecular complexity index is 1500. The van der Waals surface area contributed by atoms with Gasteiger partial charge in [0, 0.05) is 50.4 Å². The summed E-state index contributed by atoms with van der Waals surface area (Å²) in [5.41, 5.74) is -1.15. The SMILES string of the molecule is C[C@@H](Nc1ncc(C#N)c2c1cc(N1CCCN(C)CC1)c(=O)n2C)c1cc([N+](=O)[O-])cc(C(F)(F)F)c1. The Balaban J connectivity index is 1.82. The number of nitriles is 1. The van der Waals surface area contributed by atoms with E-state index in [2.05, 4.69) is 15.2 Å². The highest BCUT2D eigenvalue weighted by atomic mass is 19.4. The minimum Gasteiger partial charge on any atom is -0.366 e. The van der Waals surface area contributed by atoms with Crippen LogP contribution in [-0.2, 0) is 13.2 Å². The molecule has 13 heteroatoms. The highest BCUT2D eigenvalue weighted by molar-refractivity contribution is 5.95. The summed E-state index contributed by atoms with van der Waals surface area (Å²) in [6.07, 6.45) is -2.63. The Labute approximate surface area is 216 Å². The number of anilines is 2. The van der Waals surface area contributed by atoms with Gasteiger partial charge >= 0.3 is 6.18 Å². The average molecular weight is 530 g/mol. The van der Waals surface area contributed by atoms with Gasteiger partial charge < -0.3 is 19.7 Å². The fourth-order valence-corrected chi connectivity index (χ4v) is 4.64. The normalized spacial score (nSPS) is 15.7. The molecule has 1 saturated heterocycles. The summed E-state index contributed by atoms with van der Waals surface area (Å²) in [7, 11) is 3.56. The fraction of sp³-hybridized carbons (Fsp3) is 0.400. The summed E-state index contributed by atoms with van der Waals surface area (Å²) in [5, 5.41) is 24.4. The number of pyridine rings is 2. The van der Waals surface area contributed by atoms with Crippen molar-refractivity contribution in [2.45, 2.75) is 25.6 Å². The van der Waals surface area contributed by atoms with Crippen LogP contribution in [0, 0.1) is 21.4 Å². The minimum atomic E-state index is -4.77. The van der Waals surface area contributed by atoms with Crippen molar-refractivity contribution in [1.29, 1.82) is 5.26 Å². The molecule has 1 aromatic carbocycles. The van der Waals surface area contributed by atoms with Gasteiger partial charge in [-0.2, -0.15) is 18.4 Å². The number of nitro benzene ring substituents is 1. The van der Waals surface area contributed by atoms with Crippen LogP contribution in [0.1, 0.15) is 36.1 Å². The van der Waals surface area contributed by atoms with Crippen molar-refractivity contribution in [3.63, 3.8) is 0 Å². The molecule has 1 N–H and O–H groups in total. The number of hydrogen-bond acceptors (Lipinski definition) is 8. The summed E-state index contributed by atoms with van der Waals surface area (Å²) in [6, 6.07) is 5.29. The molecule has 0 unspecified atom stereocenters. The van der Waals surface area contributed by atoms with Crippen molar-refractivity contribution in [3.05, 3.63) is 67.6 Å². The Kier molecular flexibility index (Phi) is 7.28. The number of non-ortho nitro benzene ring substituents is 1. The summed E-state index contributed by atoms with van der Waals surface area (Å²) >= 11 is 0. The Morgan fingerprint density at radius 1 is 1.16 bits per heavy atom. The second-order valence-electron chi connectivity index (χ2n) is 9.37. The number of nitro groups is 1. The van der Waals surface area contributed by atoms with Crippen LogP contribution in [0.3, 0.4) is 0 Å². The lowest BCUT2D eigenvalue weighted by atomic mass is 10.0. The van der Waals surface area contributed by atoms with Crippen molar-refractivity contribution < 1.29 is 18.1 Å². The Morgan fingerprint density at radius 2 is 1.89 bits per heavy atom. The molecule has 0 bridgehead atoms. The predicted molar refractivity (Wildman–Crippen MR) is 136 cm³/mol. The molecule has 0 spiro atoms. The number of hydrogen-bond donors (Lipinski definition) is 1. The molecule has 3 heterocycles. The van der Waals surface area contributed by atoms with Crippen LogP contribution in [0.5, 0.6) is 0 Å². The number of nitrogens with one attached hydrogen (secondary N) is 1. The van der Waals surface area contributed by atoms with Crippen molar-refractivity contribution >= 4 is 28.1 Å². The van der Waals surface area contributed by atoms with Gasteiger partial charge in [0.25, 0.3) is 11.2 Å². The number of aromatic nitrogens is 2. The predicted octanol–water partition coefficient (Wildman–Crippen LogP) is 4.05. The number of fused-ring (bicyclic) bond motifs is 1. The maximum Gasteiger partial charge on any atom is 0.416 e. The molecule has 1 fully saturated rings. The second kappa shape index (κ2) is 10.3. The minimum absolute atomic E-state index is 0.0337. The van der Waals surface area contributed by atoms with Gasteiger partial charge in [0.1, 0.15) is 17.6 Å². The lowest BCUT2D eigenvalue weighted by Crippen LogP contribution is -2.34. The molecule has 1 atom stereocenters. The first kappa shape index (κ1) is 26.9. The third-order valence-electron chi connectivity index (χ3n) is 6.74. The number of halogens is 3. The molecule has 0 radical (unpaired) electrons. The van der Waals surface area contributed by atoms with Gasteiger partial charge in [0.05, 0.1) is 27.6 Å². The summed E-state index contributed by atoms with van der Waals surface area (Å²) in [5.74, 6) is 0.232. The third-order valence-corrected chi connectivity index (χ3v) is 6.74. The monoisotopic (exact) mass is 529 g/mol. The van der Waals surface area contributed by atoms with Gasteiger partial charge in [-0.1, -0.05) is 0 Å². The van der Waals surface area contributed by atoms with Crippen LogP contribution >= 0.6 is 0 Å². The van der Waals surface area contributed by atoms with E-state index in [-0.39, 0.29) is 22.5 Å². The number of nitrogens with zero attached hydrogens (tertiary/aromatic N) is 6. The summed E-state index contributed by atoms with van der Waals surface area (Å²) in [6.45, 7) is 4.48. The van der Waals surface area contributed by atoms with Crippen LogP contribution in [-0.4, -0.2) is 52.6 Å². The van der Waals surface area contributed by atoms with Gasteiger partial charge in [0.15, 0.2) is 0 Å². The quantitative estimate of drug-likeness (QED) is 0.388. The first-order chi connectivity index (χ1) is 17.9. The molecule has 1 aliphatic rings. The summed E-state index contributed by atoms with van der Waals surface area (Å²) in [4.78, 5) is 32.2. The Hall–Kier alpha value is -4.18. The fourth-order valence-electron chi connectivity index (χ4n) is 4.64. The molecule has 1 aliphatic heterocycles. The largest absolute Gasteiger partial charge is 0.416 e. The standard InChI is InChI=1S/C25H26F3N7O3/c1-15(16-9-18(25(26,27)28)11-19(10-16)35(37)38)31-23-20-12-21(34-6-4-5-32(2)7-8-34)24(36)33(3)22(20)17(13-29)14-30-23/h9-12,14-15H,4-8H2,1-3H3,(H,30,31)/t15-/m1/s1. The zero-order valence-electron chi connectivity index (χ0n) is 21.0. The van der Waals surface area contributed by atoms with E-state index in [4.69, 9.17) is 0 Å². The highest BCUT2D eigenvalue weighted by Gasteiger charge is 2.33. The van der Waals surface area contributed by atoms with Crippen LogP contribution in [0.2, 0.25) is 0 Å². The van der Waals surface area contributed by atoms with Crippen molar-refractivity contribution in [2.75, 3.05) is 43.4 Å². The molecule has 38 heavy (non-hydrogen) atoms. The smallest absolute Gasteiger partial charge is 0.366 e.